The Morgan fingerprint density at radius 1 is 1.19 bits per heavy atom. The van der Waals surface area contributed by atoms with Crippen molar-refractivity contribution in [1.82, 2.24) is 9.80 Å². The Morgan fingerprint density at radius 2 is 1.90 bits per heavy atom. The molecule has 7 nitrogen and oxygen atoms in total. The molecule has 0 spiro atoms. The van der Waals surface area contributed by atoms with E-state index in [9.17, 15) is 19.5 Å². The quantitative estimate of drug-likeness (QED) is 0.408. The highest BCUT2D eigenvalue weighted by molar-refractivity contribution is 6.17. The first-order chi connectivity index (χ1) is 14.8. The summed E-state index contributed by atoms with van der Waals surface area (Å²) in [7, 11) is 0. The van der Waals surface area contributed by atoms with Gasteiger partial charge in [0.05, 0.1) is 5.92 Å². The molecule has 2 unspecified atom stereocenters. The molecule has 0 aromatic rings. The zero-order valence-corrected chi connectivity index (χ0v) is 18.8. The van der Waals surface area contributed by atoms with E-state index >= 15 is 0 Å². The van der Waals surface area contributed by atoms with Crippen LogP contribution in [0.15, 0.2) is 12.2 Å². The number of hydrogen-bond acceptors (Lipinski definition) is 5. The van der Waals surface area contributed by atoms with Crippen LogP contribution < -0.4 is 0 Å². The van der Waals surface area contributed by atoms with Crippen molar-refractivity contribution in [1.29, 1.82) is 0 Å². The highest BCUT2D eigenvalue weighted by atomic mass is 16.7. The van der Waals surface area contributed by atoms with Gasteiger partial charge in [-0.15, -0.1) is 0 Å². The van der Waals surface area contributed by atoms with E-state index in [2.05, 4.69) is 12.2 Å². The fraction of sp³-hybridized carbons (Fsp3) is 0.792. The maximum absolute atomic E-state index is 13.9. The van der Waals surface area contributed by atoms with Gasteiger partial charge in [0.15, 0.2) is 17.6 Å². The van der Waals surface area contributed by atoms with E-state index in [0.29, 0.717) is 25.4 Å². The SMILES string of the molecule is CCN(CC)C(=O)[C@@H]1CCN2C(=O)C3(C(=O)C4[C@H]5CCCC[C@@H]5C=C[C@@H]4C)O[C@@H]3[C@]12O. The van der Waals surface area contributed by atoms with Crippen molar-refractivity contribution in [3.63, 3.8) is 0 Å². The topological polar surface area (TPSA) is 90.5 Å². The molecule has 1 N–H and O–H groups in total. The third-order valence-corrected chi connectivity index (χ3v) is 8.76. The van der Waals surface area contributed by atoms with Crippen LogP contribution in [0.4, 0.5) is 0 Å². The summed E-state index contributed by atoms with van der Waals surface area (Å²) in [4.78, 5) is 43.6. The smallest absolute Gasteiger partial charge is 0.267 e. The molecule has 1 saturated carbocycles. The lowest BCUT2D eigenvalue weighted by molar-refractivity contribution is -0.171. The van der Waals surface area contributed by atoms with E-state index in [1.54, 1.807) is 4.90 Å². The van der Waals surface area contributed by atoms with Gasteiger partial charge in [0.1, 0.15) is 0 Å². The maximum Gasteiger partial charge on any atom is 0.267 e. The molecule has 3 saturated heterocycles. The summed E-state index contributed by atoms with van der Waals surface area (Å²) in [6.07, 6.45) is 8.18. The minimum atomic E-state index is -1.72. The molecule has 5 aliphatic rings. The molecule has 3 aliphatic heterocycles. The van der Waals surface area contributed by atoms with Crippen molar-refractivity contribution in [2.24, 2.45) is 29.6 Å². The fourth-order valence-electron chi connectivity index (χ4n) is 7.06. The number of aliphatic hydroxyl groups is 1. The molecule has 0 radical (unpaired) electrons. The van der Waals surface area contributed by atoms with Crippen LogP contribution in [0.3, 0.4) is 0 Å². The second-order valence-electron chi connectivity index (χ2n) is 10.1. The standard InChI is InChI=1S/C24H34N2O5/c1-4-25(5-2)20(28)17-12-13-26-22(29)23(21(31-23)24(17,26)30)19(27)18-14(3)10-11-15-8-6-7-9-16(15)18/h10-11,14-18,21,30H,4-9,12-13H2,1-3H3/t14-,15+,16-,17-,18?,21-,23?,24+/m0/s1. The van der Waals surface area contributed by atoms with Gasteiger partial charge in [0, 0.05) is 25.6 Å². The Labute approximate surface area is 183 Å². The van der Waals surface area contributed by atoms with E-state index < -0.39 is 29.3 Å². The average molecular weight is 431 g/mol. The van der Waals surface area contributed by atoms with Gasteiger partial charge in [-0.25, -0.2) is 0 Å². The second kappa shape index (κ2) is 7.14. The van der Waals surface area contributed by atoms with Gasteiger partial charge in [0.25, 0.3) is 5.91 Å². The molecule has 8 atom stereocenters. The van der Waals surface area contributed by atoms with Gasteiger partial charge in [-0.05, 0) is 50.9 Å². The number of fused-ring (bicyclic) bond motifs is 4. The van der Waals surface area contributed by atoms with E-state index in [-0.39, 0.29) is 36.0 Å². The normalized spacial score (nSPS) is 45.2. The van der Waals surface area contributed by atoms with Gasteiger partial charge in [0.2, 0.25) is 11.5 Å². The highest BCUT2D eigenvalue weighted by Crippen LogP contribution is 2.61. The summed E-state index contributed by atoms with van der Waals surface area (Å²) in [5.74, 6) is -1.15. The number of rotatable bonds is 5. The van der Waals surface area contributed by atoms with Crippen LogP contribution >= 0.6 is 0 Å². The number of ether oxygens (including phenoxy) is 1. The highest BCUT2D eigenvalue weighted by Gasteiger charge is 2.87. The first-order valence-electron chi connectivity index (χ1n) is 12.1. The zero-order chi connectivity index (χ0) is 22.1. The van der Waals surface area contributed by atoms with Crippen LogP contribution in [-0.2, 0) is 19.1 Å². The molecule has 2 amide bonds. The van der Waals surface area contributed by atoms with Gasteiger partial charge in [-0.1, -0.05) is 31.9 Å². The van der Waals surface area contributed by atoms with Crippen molar-refractivity contribution in [2.45, 2.75) is 70.3 Å². The number of nitrogens with zero attached hydrogens (tertiary/aromatic N) is 2. The summed E-state index contributed by atoms with van der Waals surface area (Å²) in [6, 6.07) is 0. The molecule has 7 heteroatoms. The van der Waals surface area contributed by atoms with Crippen LogP contribution in [0, 0.1) is 29.6 Å². The van der Waals surface area contributed by atoms with E-state index in [0.717, 1.165) is 19.3 Å². The molecule has 5 rings (SSSR count). The molecule has 31 heavy (non-hydrogen) atoms. The van der Waals surface area contributed by atoms with Crippen LogP contribution in [0.1, 0.15) is 52.9 Å². The number of ketones is 1. The number of morpholine rings is 1. The number of amides is 2. The van der Waals surface area contributed by atoms with E-state index in [1.165, 1.54) is 11.3 Å². The fourth-order valence-corrected chi connectivity index (χ4v) is 7.06. The Morgan fingerprint density at radius 3 is 2.61 bits per heavy atom. The van der Waals surface area contributed by atoms with Crippen LogP contribution in [-0.4, -0.2) is 69.6 Å². The van der Waals surface area contributed by atoms with Crippen LogP contribution in [0.25, 0.3) is 0 Å². The Bertz CT molecular complexity index is 838. The minimum Gasteiger partial charge on any atom is -0.367 e. The first-order valence-corrected chi connectivity index (χ1v) is 12.1. The summed E-state index contributed by atoms with van der Waals surface area (Å²) < 4.78 is 5.85. The largest absolute Gasteiger partial charge is 0.367 e. The number of allylic oxidation sites excluding steroid dienone is 2. The lowest BCUT2D eigenvalue weighted by atomic mass is 9.62. The molecule has 0 bridgehead atoms. The van der Waals surface area contributed by atoms with Crippen molar-refractivity contribution < 1.29 is 24.2 Å². The zero-order valence-electron chi connectivity index (χ0n) is 18.8. The molecular formula is C24H34N2O5. The summed E-state index contributed by atoms with van der Waals surface area (Å²) in [5, 5.41) is 11.7. The van der Waals surface area contributed by atoms with Crippen LogP contribution in [0.2, 0.25) is 0 Å². The molecule has 3 heterocycles. The molecule has 0 aromatic carbocycles. The number of Topliss-reactive ketones (excluding diaryl/α,β-unsaturated/α-hetero) is 1. The van der Waals surface area contributed by atoms with Gasteiger partial charge < -0.3 is 19.6 Å². The number of carbonyl (C=O) groups excluding carboxylic acids is 3. The molecule has 4 fully saturated rings. The van der Waals surface area contributed by atoms with Gasteiger partial charge in [-0.3, -0.25) is 14.4 Å². The predicted molar refractivity (Wildman–Crippen MR) is 113 cm³/mol. The van der Waals surface area contributed by atoms with Gasteiger partial charge in [-0.2, -0.15) is 0 Å². The third kappa shape index (κ3) is 2.62. The van der Waals surface area contributed by atoms with Crippen molar-refractivity contribution in [2.75, 3.05) is 19.6 Å². The maximum atomic E-state index is 13.9. The van der Waals surface area contributed by atoms with Crippen molar-refractivity contribution in [3.05, 3.63) is 12.2 Å². The second-order valence-corrected chi connectivity index (χ2v) is 10.1. The van der Waals surface area contributed by atoms with E-state index in [1.807, 2.05) is 20.8 Å². The predicted octanol–water partition coefficient (Wildman–Crippen LogP) is 1.74. The number of epoxide rings is 1. The lowest BCUT2D eigenvalue weighted by Gasteiger charge is -2.41. The lowest BCUT2D eigenvalue weighted by Crippen LogP contribution is -2.54. The summed E-state index contributed by atoms with van der Waals surface area (Å²) >= 11 is 0. The molecule has 2 aliphatic carbocycles. The number of hydrogen-bond donors (Lipinski definition) is 1. The van der Waals surface area contributed by atoms with E-state index in [4.69, 9.17) is 4.74 Å². The average Bonchev–Trinajstić information content (AvgIpc) is 3.40. The Balaban J connectivity index is 1.45. The Hall–Kier alpha value is -1.73. The van der Waals surface area contributed by atoms with Crippen molar-refractivity contribution in [3.8, 4) is 0 Å². The summed E-state index contributed by atoms with van der Waals surface area (Å²) in [6.45, 7) is 7.21. The number of carbonyl (C=O) groups is 3. The minimum absolute atomic E-state index is 0.0389. The molecular weight excluding hydrogens is 396 g/mol. The van der Waals surface area contributed by atoms with Crippen molar-refractivity contribution >= 4 is 17.6 Å². The Kier molecular flexibility index (Phi) is 4.87. The van der Waals surface area contributed by atoms with Crippen LogP contribution in [0.5, 0.6) is 0 Å². The third-order valence-electron chi connectivity index (χ3n) is 8.76. The van der Waals surface area contributed by atoms with Gasteiger partial charge >= 0.3 is 0 Å². The summed E-state index contributed by atoms with van der Waals surface area (Å²) in [5.41, 5.74) is -3.31. The molecule has 0 aromatic heterocycles. The first kappa shape index (κ1) is 21.1. The molecule has 170 valence electrons. The monoisotopic (exact) mass is 430 g/mol.